The molecule has 0 saturated heterocycles. The number of aliphatic hydroxyl groups is 1. The van der Waals surface area contributed by atoms with E-state index in [1.807, 2.05) is 0 Å². The highest BCUT2D eigenvalue weighted by molar-refractivity contribution is 6.22. The number of fused-ring (bicyclic) bond motifs is 5. The summed E-state index contributed by atoms with van der Waals surface area (Å²) in [4.78, 5) is 36.1. The molecule has 0 spiro atoms. The predicted octanol–water partition coefficient (Wildman–Crippen LogP) is 3.58. The molecule has 2 fully saturated rings. The second-order valence-corrected chi connectivity index (χ2v) is 10.5. The maximum absolute atomic E-state index is 17.1. The number of carbonyl (C=O) groups is 3. The van der Waals surface area contributed by atoms with Crippen molar-refractivity contribution < 1.29 is 33.0 Å². The van der Waals surface area contributed by atoms with Crippen LogP contribution in [-0.4, -0.2) is 52.6 Å². The highest BCUT2D eigenvalue weighted by Crippen LogP contribution is 2.69. The highest BCUT2D eigenvalue weighted by atomic mass is 35.5. The van der Waals surface area contributed by atoms with Crippen molar-refractivity contribution in [2.45, 2.75) is 63.9 Å². The van der Waals surface area contributed by atoms with Gasteiger partial charge < -0.3 is 9.84 Å². The van der Waals surface area contributed by atoms with Gasteiger partial charge in [0, 0.05) is 29.2 Å². The van der Waals surface area contributed by atoms with Crippen LogP contribution in [0.2, 0.25) is 0 Å². The number of hydrogen-bond donors (Lipinski definition) is 1. The maximum Gasteiger partial charge on any atom is 0.303 e. The van der Waals surface area contributed by atoms with Crippen LogP contribution in [0.5, 0.6) is 0 Å². The van der Waals surface area contributed by atoms with E-state index in [0.717, 1.165) is 6.08 Å². The molecule has 0 aromatic carbocycles. The van der Waals surface area contributed by atoms with Crippen molar-refractivity contribution in [1.29, 1.82) is 0 Å². The first-order valence-corrected chi connectivity index (χ1v) is 11.2. The summed E-state index contributed by atoms with van der Waals surface area (Å²) in [5.41, 5.74) is -3.80. The second-order valence-electron chi connectivity index (χ2n) is 9.98. The van der Waals surface area contributed by atoms with Gasteiger partial charge in [0.2, 0.25) is 0 Å². The Hall–Kier alpha value is -1.86. The lowest BCUT2D eigenvalue weighted by Crippen LogP contribution is -2.71. The maximum atomic E-state index is 17.1. The first-order valence-electron chi connectivity index (χ1n) is 10.8. The van der Waals surface area contributed by atoms with Gasteiger partial charge in [-0.2, -0.15) is 0 Å². The van der Waals surface area contributed by atoms with Gasteiger partial charge in [-0.05, 0) is 50.3 Å². The Balaban J connectivity index is 1.80. The molecule has 0 bridgehead atoms. The molecule has 4 aliphatic carbocycles. The summed E-state index contributed by atoms with van der Waals surface area (Å²) in [6.07, 6.45) is 0.542. The number of halogens is 3. The van der Waals surface area contributed by atoms with Crippen LogP contribution in [0, 0.1) is 22.7 Å². The van der Waals surface area contributed by atoms with E-state index in [-0.39, 0.29) is 12.0 Å². The fourth-order valence-corrected chi connectivity index (χ4v) is 7.37. The average Bonchev–Trinajstić information content (AvgIpc) is 2.96. The lowest BCUT2D eigenvalue weighted by Gasteiger charge is -2.63. The summed E-state index contributed by atoms with van der Waals surface area (Å²) in [6, 6.07) is 0. The zero-order chi connectivity index (χ0) is 23.8. The summed E-state index contributed by atoms with van der Waals surface area (Å²) >= 11 is 6.56. The summed E-state index contributed by atoms with van der Waals surface area (Å²) < 4.78 is 37.6. The van der Waals surface area contributed by atoms with Gasteiger partial charge in [-0.15, -0.1) is 11.6 Å². The van der Waals surface area contributed by atoms with Crippen molar-refractivity contribution in [2.75, 3.05) is 6.61 Å². The number of hydrogen-bond acceptors (Lipinski definition) is 5. The zero-order valence-electron chi connectivity index (χ0n) is 18.5. The summed E-state index contributed by atoms with van der Waals surface area (Å²) in [7, 11) is 0. The van der Waals surface area contributed by atoms with Crippen LogP contribution in [0.1, 0.15) is 40.5 Å². The molecule has 8 atom stereocenters. The Morgan fingerprint density at radius 1 is 1.34 bits per heavy atom. The van der Waals surface area contributed by atoms with E-state index in [1.54, 1.807) is 13.8 Å². The molecule has 0 aromatic rings. The number of alkyl halides is 3. The van der Waals surface area contributed by atoms with Gasteiger partial charge in [0.15, 0.2) is 23.8 Å². The Labute approximate surface area is 190 Å². The van der Waals surface area contributed by atoms with Crippen LogP contribution >= 0.6 is 11.6 Å². The van der Waals surface area contributed by atoms with E-state index >= 15 is 8.78 Å². The fourth-order valence-electron chi connectivity index (χ4n) is 6.88. The Morgan fingerprint density at radius 3 is 2.62 bits per heavy atom. The Kier molecular flexibility index (Phi) is 5.33. The molecule has 2 saturated carbocycles. The summed E-state index contributed by atoms with van der Waals surface area (Å²) in [5, 5.41) is 9.91. The first-order chi connectivity index (χ1) is 14.8. The number of rotatable bonds is 3. The molecule has 0 aromatic heterocycles. The van der Waals surface area contributed by atoms with Crippen LogP contribution in [-0.2, 0) is 19.1 Å². The summed E-state index contributed by atoms with van der Waals surface area (Å²) in [6.45, 7) is 5.77. The highest BCUT2D eigenvalue weighted by Gasteiger charge is 2.74. The van der Waals surface area contributed by atoms with Crippen molar-refractivity contribution >= 4 is 29.1 Å². The quantitative estimate of drug-likeness (QED) is 0.506. The van der Waals surface area contributed by atoms with Gasteiger partial charge in [-0.25, -0.2) is 8.78 Å². The van der Waals surface area contributed by atoms with E-state index in [0.29, 0.717) is 17.6 Å². The number of allylic oxidation sites excluding steroid dienone is 5. The number of carbonyl (C=O) groups excluding carboxylic acids is 3. The molecule has 174 valence electrons. The molecular formula is C24H27ClF2O5. The number of ketones is 2. The second kappa shape index (κ2) is 7.32. The normalized spacial score (nSPS) is 45.1. The van der Waals surface area contributed by atoms with E-state index in [2.05, 4.69) is 0 Å². The molecular weight excluding hydrogens is 442 g/mol. The SMILES string of the molecule is CC(=O)OCC(=O)C1=C(C)C[C@H]2[C@@H]3[C@H](Cl)[C@@H](F)C4=CC(=O)C=C[C@]4(C)[C@@]3(F)[C@@H](O)C[C@]12C. The van der Waals surface area contributed by atoms with Crippen molar-refractivity contribution in [3.8, 4) is 0 Å². The molecule has 0 heterocycles. The van der Waals surface area contributed by atoms with Crippen LogP contribution < -0.4 is 0 Å². The Bertz CT molecular complexity index is 1000. The minimum absolute atomic E-state index is 0.0553. The number of esters is 1. The molecule has 0 radical (unpaired) electrons. The largest absolute Gasteiger partial charge is 0.457 e. The van der Waals surface area contributed by atoms with Gasteiger partial charge in [0.1, 0.15) is 6.17 Å². The van der Waals surface area contributed by atoms with Crippen molar-refractivity contribution in [3.63, 3.8) is 0 Å². The fraction of sp³-hybridized carbons (Fsp3) is 0.625. The minimum atomic E-state index is -2.33. The minimum Gasteiger partial charge on any atom is -0.457 e. The number of Topliss-reactive ketones (excluding diaryl/α,β-unsaturated/α-hetero) is 1. The first kappa shape index (κ1) is 23.3. The molecule has 5 nitrogen and oxygen atoms in total. The van der Waals surface area contributed by atoms with Crippen LogP contribution in [0.4, 0.5) is 8.78 Å². The van der Waals surface area contributed by atoms with Gasteiger partial charge in [0.05, 0.1) is 11.5 Å². The molecule has 0 unspecified atom stereocenters. The summed E-state index contributed by atoms with van der Waals surface area (Å²) in [5.74, 6) is -3.10. The third-order valence-corrected chi connectivity index (χ3v) is 8.74. The van der Waals surface area contributed by atoms with Crippen molar-refractivity contribution in [1.82, 2.24) is 0 Å². The van der Waals surface area contributed by atoms with Crippen molar-refractivity contribution in [2.24, 2.45) is 22.7 Å². The molecule has 8 heteroatoms. The monoisotopic (exact) mass is 468 g/mol. The van der Waals surface area contributed by atoms with Crippen LogP contribution in [0.25, 0.3) is 0 Å². The Morgan fingerprint density at radius 2 is 2.00 bits per heavy atom. The smallest absolute Gasteiger partial charge is 0.303 e. The third kappa shape index (κ3) is 2.86. The zero-order valence-corrected chi connectivity index (χ0v) is 19.2. The van der Waals surface area contributed by atoms with Gasteiger partial charge in [-0.3, -0.25) is 14.4 Å². The van der Waals surface area contributed by atoms with Crippen LogP contribution in [0.15, 0.2) is 34.9 Å². The standard InChI is InChI=1S/C24H27ClF2O5/c1-11-7-14-19-20(25)21(26)15-8-13(29)5-6-23(15,4)24(19,27)17(31)9-22(14,3)18(11)16(30)10-32-12(2)28/h5-6,8,14,17,19-21,31H,7,9-10H2,1-4H3/t14-,17-,19+,20-,21-,22-,23-,24+/m0/s1. The lowest BCUT2D eigenvalue weighted by atomic mass is 9.44. The number of aliphatic hydroxyl groups excluding tert-OH is 1. The van der Waals surface area contributed by atoms with Gasteiger partial charge >= 0.3 is 5.97 Å². The van der Waals surface area contributed by atoms with E-state index in [1.165, 1.54) is 26.0 Å². The van der Waals surface area contributed by atoms with E-state index < -0.39 is 70.1 Å². The van der Waals surface area contributed by atoms with Crippen LogP contribution in [0.3, 0.4) is 0 Å². The molecule has 4 aliphatic rings. The van der Waals surface area contributed by atoms with Crippen molar-refractivity contribution in [3.05, 3.63) is 34.9 Å². The topological polar surface area (TPSA) is 80.7 Å². The molecule has 32 heavy (non-hydrogen) atoms. The molecule has 4 rings (SSSR count). The average molecular weight is 469 g/mol. The van der Waals surface area contributed by atoms with Gasteiger partial charge in [-0.1, -0.05) is 18.6 Å². The molecule has 0 aliphatic heterocycles. The lowest BCUT2D eigenvalue weighted by molar-refractivity contribution is -0.191. The van der Waals surface area contributed by atoms with E-state index in [4.69, 9.17) is 16.3 Å². The third-order valence-electron chi connectivity index (χ3n) is 8.24. The number of ether oxygens (including phenoxy) is 1. The van der Waals surface area contributed by atoms with Gasteiger partial charge in [0.25, 0.3) is 0 Å². The molecule has 0 amide bonds. The predicted molar refractivity (Wildman–Crippen MR) is 113 cm³/mol. The molecule has 1 N–H and O–H groups in total. The van der Waals surface area contributed by atoms with E-state index in [9.17, 15) is 19.5 Å².